The molecule has 5 nitrogen and oxygen atoms in total. The van der Waals surface area contributed by atoms with Crippen molar-refractivity contribution in [3.63, 3.8) is 0 Å². The molecule has 23 heavy (non-hydrogen) atoms. The van der Waals surface area contributed by atoms with E-state index in [-0.39, 0.29) is 11.5 Å². The normalized spacial score (nSPS) is 19.7. The van der Waals surface area contributed by atoms with Crippen LogP contribution in [0.4, 0.5) is 4.53 Å². The Labute approximate surface area is 131 Å². The van der Waals surface area contributed by atoms with Crippen LogP contribution in [0.25, 0.3) is 5.65 Å². The fourth-order valence-corrected chi connectivity index (χ4v) is 3.18. The minimum absolute atomic E-state index is 0.231. The number of aryl methyl sites for hydroxylation is 1. The van der Waals surface area contributed by atoms with Gasteiger partial charge in [0.05, 0.1) is 17.5 Å². The number of fused-ring (bicyclic) bond motifs is 1. The fraction of sp³-hybridized carbons (Fsp3) is 0.235. The third kappa shape index (κ3) is 2.27. The molecule has 6 heteroatoms. The molecule has 2 heterocycles. The summed E-state index contributed by atoms with van der Waals surface area (Å²) in [5.41, 5.74) is 4.23. The first-order valence-electron chi connectivity index (χ1n) is 7.41. The van der Waals surface area contributed by atoms with E-state index < -0.39 is 5.97 Å². The van der Waals surface area contributed by atoms with Crippen molar-refractivity contribution in [3.8, 4) is 0 Å². The van der Waals surface area contributed by atoms with E-state index in [1.54, 1.807) is 18.3 Å². The molecule has 0 aliphatic heterocycles. The van der Waals surface area contributed by atoms with Crippen molar-refractivity contribution in [3.05, 3.63) is 65.1 Å². The molecule has 0 spiro atoms. The average molecular weight is 311 g/mol. The Bertz CT molecular complexity index is 906. The largest absolute Gasteiger partial charge is 0.379 e. The number of aromatic nitrogens is 3. The molecule has 0 bridgehead atoms. The molecular weight excluding hydrogens is 297 g/mol. The fourth-order valence-electron chi connectivity index (χ4n) is 3.18. The number of carbonyl (C=O) groups excluding carboxylic acids is 1. The van der Waals surface area contributed by atoms with Crippen LogP contribution >= 0.6 is 0 Å². The molecule has 2 aromatic heterocycles. The summed E-state index contributed by atoms with van der Waals surface area (Å²) < 4.78 is 14.0. The van der Waals surface area contributed by atoms with E-state index in [2.05, 4.69) is 15.0 Å². The summed E-state index contributed by atoms with van der Waals surface area (Å²) in [5, 5.41) is 4.34. The van der Waals surface area contributed by atoms with Crippen molar-refractivity contribution in [2.45, 2.75) is 25.2 Å². The molecule has 0 saturated heterocycles. The van der Waals surface area contributed by atoms with Crippen molar-refractivity contribution in [1.29, 1.82) is 0 Å². The topological polar surface area (TPSA) is 56.5 Å². The molecule has 1 aromatic carbocycles. The van der Waals surface area contributed by atoms with Gasteiger partial charge in [0.25, 0.3) is 0 Å². The van der Waals surface area contributed by atoms with Crippen LogP contribution in [0.15, 0.2) is 42.7 Å². The standard InChI is InChI=1S/C17H14FN3O2/c1-10-4-5-11(17(22)23-18)7-12(10)13-8-14(13)15-9-19-16-3-2-6-20-21(15)16/h2-7,9,13-14H,8H2,1H3/t13?,14-/m1/s1. The zero-order valence-electron chi connectivity index (χ0n) is 12.4. The molecule has 1 fully saturated rings. The molecule has 3 aromatic rings. The maximum Gasteiger partial charge on any atom is 0.379 e. The third-order valence-corrected chi connectivity index (χ3v) is 4.46. The average Bonchev–Trinajstić information content (AvgIpc) is 3.25. The highest BCUT2D eigenvalue weighted by Gasteiger charge is 2.42. The van der Waals surface area contributed by atoms with Crippen molar-refractivity contribution in [2.75, 3.05) is 0 Å². The van der Waals surface area contributed by atoms with E-state index in [9.17, 15) is 9.32 Å². The lowest BCUT2D eigenvalue weighted by molar-refractivity contribution is -0.0788. The number of imidazole rings is 1. The Kier molecular flexibility index (Phi) is 3.11. The number of rotatable bonds is 3. The van der Waals surface area contributed by atoms with Gasteiger partial charge in [-0.25, -0.2) is 19.2 Å². The van der Waals surface area contributed by atoms with Crippen LogP contribution in [0.5, 0.6) is 0 Å². The first-order chi connectivity index (χ1) is 11.2. The van der Waals surface area contributed by atoms with Crippen molar-refractivity contribution in [1.82, 2.24) is 14.6 Å². The molecule has 0 N–H and O–H groups in total. The highest BCUT2D eigenvalue weighted by Crippen LogP contribution is 2.55. The monoisotopic (exact) mass is 311 g/mol. The Morgan fingerprint density at radius 2 is 2.22 bits per heavy atom. The maximum absolute atomic E-state index is 12.1. The highest BCUT2D eigenvalue weighted by molar-refractivity contribution is 5.89. The van der Waals surface area contributed by atoms with Gasteiger partial charge in [0.2, 0.25) is 0 Å². The summed E-state index contributed by atoms with van der Waals surface area (Å²) in [6, 6.07) is 8.89. The van der Waals surface area contributed by atoms with Gasteiger partial charge in [-0.2, -0.15) is 5.10 Å². The first-order valence-corrected chi connectivity index (χ1v) is 7.41. The smallest absolute Gasteiger partial charge is 0.249 e. The number of hydrogen-bond acceptors (Lipinski definition) is 4. The van der Waals surface area contributed by atoms with Crippen LogP contribution in [-0.2, 0) is 4.94 Å². The van der Waals surface area contributed by atoms with Gasteiger partial charge in [0, 0.05) is 16.6 Å². The summed E-state index contributed by atoms with van der Waals surface area (Å²) in [7, 11) is 0. The molecule has 1 aliphatic carbocycles. The van der Waals surface area contributed by atoms with E-state index in [1.165, 1.54) is 0 Å². The van der Waals surface area contributed by atoms with E-state index in [0.29, 0.717) is 5.92 Å². The van der Waals surface area contributed by atoms with E-state index in [4.69, 9.17) is 0 Å². The lowest BCUT2D eigenvalue weighted by atomic mass is 9.99. The number of hydrogen-bond donors (Lipinski definition) is 0. The first kappa shape index (κ1) is 13.9. The van der Waals surface area contributed by atoms with Crippen molar-refractivity contribution in [2.24, 2.45) is 0 Å². The number of carbonyl (C=O) groups is 1. The van der Waals surface area contributed by atoms with Gasteiger partial charge in [0.15, 0.2) is 5.65 Å². The van der Waals surface area contributed by atoms with Gasteiger partial charge >= 0.3 is 5.97 Å². The summed E-state index contributed by atoms with van der Waals surface area (Å²) in [4.78, 5) is 19.1. The molecule has 0 amide bonds. The number of nitrogens with zero attached hydrogens (tertiary/aromatic N) is 3. The quantitative estimate of drug-likeness (QED) is 0.744. The molecule has 2 atom stereocenters. The van der Waals surface area contributed by atoms with Crippen LogP contribution in [0.1, 0.15) is 45.4 Å². The van der Waals surface area contributed by atoms with Gasteiger partial charge in [-0.05, 0) is 54.7 Å². The predicted octanol–water partition coefficient (Wildman–Crippen LogP) is 3.35. The molecule has 4 rings (SSSR count). The van der Waals surface area contributed by atoms with Crippen LogP contribution in [0, 0.1) is 6.92 Å². The second kappa shape index (κ2) is 5.15. The second-order valence-corrected chi connectivity index (χ2v) is 5.86. The van der Waals surface area contributed by atoms with Gasteiger partial charge < -0.3 is 0 Å². The van der Waals surface area contributed by atoms with Crippen molar-refractivity contribution >= 4 is 11.6 Å². The predicted molar refractivity (Wildman–Crippen MR) is 80.8 cm³/mol. The van der Waals surface area contributed by atoms with Crippen LogP contribution in [0.2, 0.25) is 0 Å². The van der Waals surface area contributed by atoms with Gasteiger partial charge in [-0.1, -0.05) is 6.07 Å². The zero-order valence-corrected chi connectivity index (χ0v) is 12.4. The summed E-state index contributed by atoms with van der Waals surface area (Å²) in [6.07, 6.45) is 4.54. The molecule has 1 aliphatic rings. The third-order valence-electron chi connectivity index (χ3n) is 4.46. The lowest BCUT2D eigenvalue weighted by Gasteiger charge is -2.07. The summed E-state index contributed by atoms with van der Waals surface area (Å²) in [6.45, 7) is 1.99. The molecular formula is C17H14FN3O2. The van der Waals surface area contributed by atoms with E-state index in [0.717, 1.165) is 28.9 Å². The Balaban J connectivity index is 1.68. The lowest BCUT2D eigenvalue weighted by Crippen LogP contribution is -2.01. The zero-order chi connectivity index (χ0) is 16.0. The molecule has 0 radical (unpaired) electrons. The number of benzene rings is 1. The SMILES string of the molecule is Cc1ccc(C(=O)OF)cc1C1C[C@H]1c1cnc2cccnn12. The Morgan fingerprint density at radius 3 is 3.04 bits per heavy atom. The van der Waals surface area contributed by atoms with Gasteiger partial charge in [-0.3, -0.25) is 0 Å². The van der Waals surface area contributed by atoms with E-state index in [1.807, 2.05) is 35.8 Å². The molecule has 116 valence electrons. The molecule has 1 unspecified atom stereocenters. The van der Waals surface area contributed by atoms with Crippen LogP contribution < -0.4 is 0 Å². The summed E-state index contributed by atoms with van der Waals surface area (Å²) in [5.74, 6) is -0.376. The van der Waals surface area contributed by atoms with Crippen LogP contribution in [0.3, 0.4) is 0 Å². The summed E-state index contributed by atoms with van der Waals surface area (Å²) >= 11 is 0. The Hall–Kier alpha value is -2.76. The maximum atomic E-state index is 12.1. The van der Waals surface area contributed by atoms with Gasteiger partial charge in [-0.15, -0.1) is 0 Å². The second-order valence-electron chi connectivity index (χ2n) is 5.86. The Morgan fingerprint density at radius 1 is 1.35 bits per heavy atom. The molecule has 1 saturated carbocycles. The van der Waals surface area contributed by atoms with Crippen molar-refractivity contribution < 1.29 is 14.3 Å². The minimum Gasteiger partial charge on any atom is -0.249 e. The highest BCUT2D eigenvalue weighted by atomic mass is 19.3. The minimum atomic E-state index is -0.958. The number of halogens is 1. The van der Waals surface area contributed by atoms with E-state index >= 15 is 0 Å². The van der Waals surface area contributed by atoms with Crippen LogP contribution in [-0.4, -0.2) is 20.6 Å². The van der Waals surface area contributed by atoms with Gasteiger partial charge in [0.1, 0.15) is 0 Å².